The summed E-state index contributed by atoms with van der Waals surface area (Å²) < 4.78 is 0. The van der Waals surface area contributed by atoms with Crippen molar-refractivity contribution in [3.8, 4) is 52.8 Å². The Kier molecular flexibility index (Phi) is 6.33. The second-order valence-electron chi connectivity index (χ2n) is 7.10. The second kappa shape index (κ2) is 9.84. The van der Waals surface area contributed by atoms with Crippen LogP contribution in [0.4, 0.5) is 0 Å². The van der Waals surface area contributed by atoms with Gasteiger partial charge in [-0.15, -0.1) is 0 Å². The fraction of sp³-hybridized carbons (Fsp3) is 0. The SMILES string of the molecule is Oc1ccccc1C#Cc1ccc(O)c(C#Cc2ccc(O)c(C#Cc3ccccc3)c2)c1. The van der Waals surface area contributed by atoms with Gasteiger partial charge >= 0.3 is 0 Å². The van der Waals surface area contributed by atoms with Gasteiger partial charge in [-0.05, 0) is 60.7 Å². The number of phenolic OH excluding ortho intramolecular Hbond substituents is 3. The number of aromatic hydroxyl groups is 3. The quantitative estimate of drug-likeness (QED) is 0.347. The van der Waals surface area contributed by atoms with Crippen molar-refractivity contribution in [1.29, 1.82) is 0 Å². The third-order valence-electron chi connectivity index (χ3n) is 4.70. The van der Waals surface area contributed by atoms with E-state index in [1.165, 1.54) is 6.07 Å². The predicted octanol–water partition coefficient (Wildman–Crippen LogP) is 5.00. The highest BCUT2D eigenvalue weighted by Crippen LogP contribution is 2.20. The summed E-state index contributed by atoms with van der Waals surface area (Å²) in [5.41, 5.74) is 3.56. The number of hydrogen-bond acceptors (Lipinski definition) is 3. The van der Waals surface area contributed by atoms with Gasteiger partial charge in [-0.2, -0.15) is 0 Å². The molecule has 0 aliphatic rings. The van der Waals surface area contributed by atoms with E-state index in [1.54, 1.807) is 54.6 Å². The minimum atomic E-state index is 0.0403. The van der Waals surface area contributed by atoms with E-state index >= 15 is 0 Å². The van der Waals surface area contributed by atoms with E-state index in [1.807, 2.05) is 30.3 Å². The molecule has 0 bridgehead atoms. The maximum atomic E-state index is 10.2. The lowest BCUT2D eigenvalue weighted by molar-refractivity contribution is 0.473. The lowest BCUT2D eigenvalue weighted by Crippen LogP contribution is -1.84. The molecule has 3 heteroatoms. The van der Waals surface area contributed by atoms with Crippen LogP contribution in [0.3, 0.4) is 0 Å². The summed E-state index contributed by atoms with van der Waals surface area (Å²) in [5.74, 6) is 18.1. The van der Waals surface area contributed by atoms with E-state index in [0.29, 0.717) is 27.8 Å². The average Bonchev–Trinajstić information content (AvgIpc) is 2.84. The molecule has 4 aromatic carbocycles. The van der Waals surface area contributed by atoms with Gasteiger partial charge in [-0.25, -0.2) is 0 Å². The van der Waals surface area contributed by atoms with Crippen molar-refractivity contribution < 1.29 is 15.3 Å². The molecule has 0 heterocycles. The average molecular weight is 426 g/mol. The van der Waals surface area contributed by atoms with Crippen molar-refractivity contribution in [2.24, 2.45) is 0 Å². The van der Waals surface area contributed by atoms with Crippen molar-refractivity contribution in [1.82, 2.24) is 0 Å². The Hall–Kier alpha value is -5.04. The van der Waals surface area contributed by atoms with E-state index in [9.17, 15) is 15.3 Å². The lowest BCUT2D eigenvalue weighted by atomic mass is 10.1. The normalized spacial score (nSPS) is 9.45. The molecule has 4 aromatic rings. The predicted molar refractivity (Wildman–Crippen MR) is 129 cm³/mol. The van der Waals surface area contributed by atoms with Crippen molar-refractivity contribution in [2.75, 3.05) is 0 Å². The molecule has 33 heavy (non-hydrogen) atoms. The van der Waals surface area contributed by atoms with E-state index < -0.39 is 0 Å². The van der Waals surface area contributed by atoms with Gasteiger partial charge in [0, 0.05) is 16.7 Å². The first-order valence-electron chi connectivity index (χ1n) is 10.1. The van der Waals surface area contributed by atoms with Gasteiger partial charge in [0.2, 0.25) is 0 Å². The number of phenols is 3. The third kappa shape index (κ3) is 5.56. The molecule has 0 aromatic heterocycles. The van der Waals surface area contributed by atoms with E-state index in [0.717, 1.165) is 5.56 Å². The van der Waals surface area contributed by atoms with E-state index in [4.69, 9.17) is 0 Å². The fourth-order valence-electron chi connectivity index (χ4n) is 2.95. The summed E-state index contributed by atoms with van der Waals surface area (Å²) in [4.78, 5) is 0. The van der Waals surface area contributed by atoms with Crippen LogP contribution < -0.4 is 0 Å². The second-order valence-corrected chi connectivity index (χ2v) is 7.10. The first kappa shape index (κ1) is 21.2. The van der Waals surface area contributed by atoms with Crippen molar-refractivity contribution in [3.63, 3.8) is 0 Å². The smallest absolute Gasteiger partial charge is 0.131 e. The molecule has 0 saturated carbocycles. The van der Waals surface area contributed by atoms with Crippen LogP contribution in [0.5, 0.6) is 17.2 Å². The van der Waals surface area contributed by atoms with Gasteiger partial charge < -0.3 is 15.3 Å². The summed E-state index contributed by atoms with van der Waals surface area (Å²) in [6.45, 7) is 0. The molecule has 0 fully saturated rings. The highest BCUT2D eigenvalue weighted by atomic mass is 16.3. The first-order valence-corrected chi connectivity index (χ1v) is 10.1. The highest BCUT2D eigenvalue weighted by molar-refractivity contribution is 5.58. The van der Waals surface area contributed by atoms with Gasteiger partial charge in [-0.1, -0.05) is 65.9 Å². The fourth-order valence-corrected chi connectivity index (χ4v) is 2.95. The molecule has 0 aliphatic carbocycles. The zero-order valence-corrected chi connectivity index (χ0v) is 17.5. The van der Waals surface area contributed by atoms with Gasteiger partial charge in [0.25, 0.3) is 0 Å². The minimum absolute atomic E-state index is 0.0403. The molecule has 0 saturated heterocycles. The molecule has 0 amide bonds. The van der Waals surface area contributed by atoms with Gasteiger partial charge in [0.1, 0.15) is 17.2 Å². The molecule has 0 atom stereocenters. The van der Waals surface area contributed by atoms with Crippen molar-refractivity contribution >= 4 is 0 Å². The van der Waals surface area contributed by atoms with Gasteiger partial charge in [0.15, 0.2) is 0 Å². The molecule has 0 spiro atoms. The van der Waals surface area contributed by atoms with Crippen LogP contribution in [0.15, 0.2) is 91.0 Å². The summed E-state index contributed by atoms with van der Waals surface area (Å²) in [5, 5.41) is 30.2. The Balaban J connectivity index is 1.61. The van der Waals surface area contributed by atoms with Crippen molar-refractivity contribution in [3.05, 3.63) is 124 Å². The molecular weight excluding hydrogens is 408 g/mol. The maximum absolute atomic E-state index is 10.2. The number of rotatable bonds is 0. The van der Waals surface area contributed by atoms with E-state index in [2.05, 4.69) is 35.5 Å². The summed E-state index contributed by atoms with van der Waals surface area (Å²) in [6, 6.07) is 26.2. The first-order chi connectivity index (χ1) is 16.1. The maximum Gasteiger partial charge on any atom is 0.131 e. The van der Waals surface area contributed by atoms with Crippen LogP contribution in [-0.4, -0.2) is 15.3 Å². The largest absolute Gasteiger partial charge is 0.507 e. The lowest BCUT2D eigenvalue weighted by Gasteiger charge is -1.99. The topological polar surface area (TPSA) is 60.7 Å². The monoisotopic (exact) mass is 426 g/mol. The van der Waals surface area contributed by atoms with Crippen LogP contribution in [0.2, 0.25) is 0 Å². The zero-order chi connectivity index (χ0) is 23.0. The zero-order valence-electron chi connectivity index (χ0n) is 17.5. The molecule has 3 N–H and O–H groups in total. The number of benzene rings is 4. The highest BCUT2D eigenvalue weighted by Gasteiger charge is 2.02. The molecule has 0 radical (unpaired) electrons. The van der Waals surface area contributed by atoms with Crippen LogP contribution in [0.25, 0.3) is 0 Å². The molecule has 0 aliphatic heterocycles. The summed E-state index contributed by atoms with van der Waals surface area (Å²) in [7, 11) is 0. The standard InChI is InChI=1S/C30H18O3/c31-28-9-5-4-8-25(28)15-11-23-13-18-30(33)27(20-23)17-12-24-14-19-29(32)26(21-24)16-10-22-6-2-1-3-7-22/h1-9,13-14,18-21,31-33H. The molecule has 156 valence electrons. The van der Waals surface area contributed by atoms with Crippen LogP contribution in [0, 0.1) is 35.5 Å². The minimum Gasteiger partial charge on any atom is -0.507 e. The van der Waals surface area contributed by atoms with Crippen molar-refractivity contribution in [2.45, 2.75) is 0 Å². The third-order valence-corrected chi connectivity index (χ3v) is 4.70. The Morgan fingerprint density at radius 3 is 1.39 bits per heavy atom. The Morgan fingerprint density at radius 1 is 0.364 bits per heavy atom. The summed E-state index contributed by atoms with van der Waals surface area (Å²) >= 11 is 0. The van der Waals surface area contributed by atoms with Gasteiger partial charge in [-0.3, -0.25) is 0 Å². The molecular formula is C30H18O3. The Bertz CT molecular complexity index is 1500. The summed E-state index contributed by atoms with van der Waals surface area (Å²) in [6.07, 6.45) is 0. The number of hydrogen-bond donors (Lipinski definition) is 3. The molecule has 0 unspecified atom stereocenters. The van der Waals surface area contributed by atoms with E-state index in [-0.39, 0.29) is 17.2 Å². The van der Waals surface area contributed by atoms with Crippen LogP contribution >= 0.6 is 0 Å². The molecule has 3 nitrogen and oxygen atoms in total. The number of para-hydroxylation sites is 1. The van der Waals surface area contributed by atoms with Gasteiger partial charge in [0.05, 0.1) is 16.7 Å². The Morgan fingerprint density at radius 2 is 0.818 bits per heavy atom. The van der Waals surface area contributed by atoms with Crippen LogP contribution in [0.1, 0.15) is 33.4 Å². The molecule has 4 rings (SSSR count). The van der Waals surface area contributed by atoms with Crippen LogP contribution in [-0.2, 0) is 0 Å². The Labute approximate surface area is 192 Å².